The Morgan fingerprint density at radius 2 is 1.78 bits per heavy atom. The Hall–Kier alpha value is -1.61. The van der Waals surface area contributed by atoms with Crippen LogP contribution in [0.25, 0.3) is 0 Å². The first kappa shape index (κ1) is 16.3. The van der Waals surface area contributed by atoms with Gasteiger partial charge in [0.15, 0.2) is 0 Å². The summed E-state index contributed by atoms with van der Waals surface area (Å²) < 4.78 is 11.8. The van der Waals surface area contributed by atoms with Crippen LogP contribution in [-0.4, -0.2) is 67.9 Å². The Balaban J connectivity index is 1.37. The van der Waals surface area contributed by atoms with E-state index < -0.39 is 0 Å². The highest BCUT2D eigenvalue weighted by atomic mass is 16.5. The standard InChI is InChI=1S/C18H25N3O2/c1-2-20-11-17-13-21(14-18(12-20)23-17)8-3-9-22-16-6-4-15(10-19)5-7-16/h4-7,17-18H,2-3,8-9,11-14H2,1H3. The lowest BCUT2D eigenvalue weighted by Gasteiger charge is -2.45. The number of morpholine rings is 2. The molecule has 2 heterocycles. The van der Waals surface area contributed by atoms with Gasteiger partial charge in [0.1, 0.15) is 5.75 Å². The van der Waals surface area contributed by atoms with Gasteiger partial charge in [-0.15, -0.1) is 0 Å². The lowest BCUT2D eigenvalue weighted by Crippen LogP contribution is -2.59. The fraction of sp³-hybridized carbons (Fsp3) is 0.611. The molecule has 124 valence electrons. The molecule has 2 saturated heterocycles. The molecule has 2 bridgehead atoms. The second-order valence-electron chi connectivity index (χ2n) is 6.33. The van der Waals surface area contributed by atoms with Gasteiger partial charge < -0.3 is 9.47 Å². The Bertz CT molecular complexity index is 526. The molecule has 0 N–H and O–H groups in total. The predicted octanol–water partition coefficient (Wildman–Crippen LogP) is 1.73. The number of likely N-dealkylation sites (N-methyl/N-ethyl adjacent to an activating group) is 1. The van der Waals surface area contributed by atoms with Gasteiger partial charge in [-0.25, -0.2) is 0 Å². The fourth-order valence-corrected chi connectivity index (χ4v) is 3.41. The van der Waals surface area contributed by atoms with Crippen LogP contribution in [0, 0.1) is 11.3 Å². The summed E-state index contributed by atoms with van der Waals surface area (Å²) in [6.45, 7) is 9.29. The van der Waals surface area contributed by atoms with E-state index in [1.54, 1.807) is 12.1 Å². The van der Waals surface area contributed by atoms with E-state index in [1.807, 2.05) is 12.1 Å². The van der Waals surface area contributed by atoms with Gasteiger partial charge in [-0.1, -0.05) is 6.92 Å². The summed E-state index contributed by atoms with van der Waals surface area (Å²) in [5.74, 6) is 0.835. The van der Waals surface area contributed by atoms with Crippen LogP contribution in [0.4, 0.5) is 0 Å². The normalized spacial score (nSPS) is 25.0. The van der Waals surface area contributed by atoms with Crippen molar-refractivity contribution in [3.05, 3.63) is 29.8 Å². The molecule has 3 rings (SSSR count). The van der Waals surface area contributed by atoms with Gasteiger partial charge in [0.2, 0.25) is 0 Å². The predicted molar refractivity (Wildman–Crippen MR) is 88.5 cm³/mol. The number of hydrogen-bond donors (Lipinski definition) is 0. The van der Waals surface area contributed by atoms with Crippen molar-refractivity contribution in [3.63, 3.8) is 0 Å². The molecule has 2 unspecified atom stereocenters. The van der Waals surface area contributed by atoms with Crippen molar-refractivity contribution >= 4 is 0 Å². The minimum atomic E-state index is 0.363. The van der Waals surface area contributed by atoms with Crippen molar-refractivity contribution in [2.75, 3.05) is 45.9 Å². The van der Waals surface area contributed by atoms with Gasteiger partial charge in [-0.05, 0) is 37.2 Å². The zero-order valence-electron chi connectivity index (χ0n) is 13.8. The van der Waals surface area contributed by atoms with Crippen LogP contribution in [0.1, 0.15) is 18.9 Å². The third kappa shape index (κ3) is 4.44. The van der Waals surface area contributed by atoms with Crippen LogP contribution in [-0.2, 0) is 4.74 Å². The molecule has 2 aliphatic heterocycles. The summed E-state index contributed by atoms with van der Waals surface area (Å²) in [5, 5.41) is 8.78. The molecule has 5 heteroatoms. The summed E-state index contributed by atoms with van der Waals surface area (Å²) in [6, 6.07) is 9.41. The maximum absolute atomic E-state index is 8.78. The largest absolute Gasteiger partial charge is 0.494 e. The van der Waals surface area contributed by atoms with E-state index in [0.717, 1.165) is 51.4 Å². The van der Waals surface area contributed by atoms with Crippen molar-refractivity contribution < 1.29 is 9.47 Å². The van der Waals surface area contributed by atoms with Crippen LogP contribution in [0.5, 0.6) is 5.75 Å². The first-order chi connectivity index (χ1) is 11.3. The second kappa shape index (κ2) is 7.78. The minimum absolute atomic E-state index is 0.363. The van der Waals surface area contributed by atoms with Crippen LogP contribution in [0.3, 0.4) is 0 Å². The Morgan fingerprint density at radius 1 is 1.13 bits per heavy atom. The molecule has 2 aliphatic rings. The molecule has 0 aliphatic carbocycles. The van der Waals surface area contributed by atoms with Crippen LogP contribution < -0.4 is 4.74 Å². The average molecular weight is 315 g/mol. The molecule has 0 radical (unpaired) electrons. The summed E-state index contributed by atoms with van der Waals surface area (Å²) >= 11 is 0. The first-order valence-corrected chi connectivity index (χ1v) is 8.50. The number of nitriles is 1. The van der Waals surface area contributed by atoms with Crippen molar-refractivity contribution in [3.8, 4) is 11.8 Å². The highest BCUT2D eigenvalue weighted by molar-refractivity contribution is 5.34. The molecule has 0 aromatic heterocycles. The summed E-state index contributed by atoms with van der Waals surface area (Å²) in [7, 11) is 0. The van der Waals surface area contributed by atoms with E-state index in [2.05, 4.69) is 22.8 Å². The third-order valence-electron chi connectivity index (χ3n) is 4.55. The molecule has 5 nitrogen and oxygen atoms in total. The zero-order chi connectivity index (χ0) is 16.1. The lowest BCUT2D eigenvalue weighted by atomic mass is 10.1. The fourth-order valence-electron chi connectivity index (χ4n) is 3.41. The number of rotatable bonds is 6. The molecular formula is C18H25N3O2. The maximum atomic E-state index is 8.78. The smallest absolute Gasteiger partial charge is 0.119 e. The first-order valence-electron chi connectivity index (χ1n) is 8.50. The molecule has 0 amide bonds. The summed E-state index contributed by atoms with van der Waals surface area (Å²) in [5.41, 5.74) is 0.665. The number of fused-ring (bicyclic) bond motifs is 2. The number of benzene rings is 1. The summed E-state index contributed by atoms with van der Waals surface area (Å²) in [4.78, 5) is 5.00. The maximum Gasteiger partial charge on any atom is 0.119 e. The van der Waals surface area contributed by atoms with Crippen LogP contribution >= 0.6 is 0 Å². The average Bonchev–Trinajstić information content (AvgIpc) is 2.58. The minimum Gasteiger partial charge on any atom is -0.494 e. The van der Waals surface area contributed by atoms with Crippen molar-refractivity contribution in [2.45, 2.75) is 25.6 Å². The van der Waals surface area contributed by atoms with Gasteiger partial charge in [0.05, 0.1) is 30.4 Å². The SMILES string of the molecule is CCN1CC2CN(CCCOc3ccc(C#N)cc3)CC(C1)O2. The van der Waals surface area contributed by atoms with Gasteiger partial charge in [-0.2, -0.15) is 5.26 Å². The molecule has 2 atom stereocenters. The summed E-state index contributed by atoms with van der Waals surface area (Å²) in [6.07, 6.45) is 1.74. The molecule has 23 heavy (non-hydrogen) atoms. The molecule has 0 spiro atoms. The number of nitrogens with zero attached hydrogens (tertiary/aromatic N) is 3. The van der Waals surface area contributed by atoms with Crippen LogP contribution in [0.2, 0.25) is 0 Å². The quantitative estimate of drug-likeness (QED) is 0.748. The van der Waals surface area contributed by atoms with Gasteiger partial charge in [-0.3, -0.25) is 9.80 Å². The third-order valence-corrected chi connectivity index (χ3v) is 4.55. The highest BCUT2D eigenvalue weighted by Gasteiger charge is 2.33. The van der Waals surface area contributed by atoms with Gasteiger partial charge >= 0.3 is 0 Å². The van der Waals surface area contributed by atoms with Crippen LogP contribution in [0.15, 0.2) is 24.3 Å². The van der Waals surface area contributed by atoms with E-state index in [9.17, 15) is 0 Å². The molecule has 1 aromatic rings. The lowest BCUT2D eigenvalue weighted by molar-refractivity contribution is -0.137. The topological polar surface area (TPSA) is 48.7 Å². The van der Waals surface area contributed by atoms with Gasteiger partial charge in [0.25, 0.3) is 0 Å². The molecule has 1 aromatic carbocycles. The molecule has 0 saturated carbocycles. The second-order valence-corrected chi connectivity index (χ2v) is 6.33. The monoisotopic (exact) mass is 315 g/mol. The Labute approximate surface area is 138 Å². The van der Waals surface area contributed by atoms with Crippen molar-refractivity contribution in [2.24, 2.45) is 0 Å². The van der Waals surface area contributed by atoms with E-state index in [0.29, 0.717) is 24.4 Å². The van der Waals surface area contributed by atoms with Gasteiger partial charge in [0, 0.05) is 32.7 Å². The zero-order valence-corrected chi connectivity index (χ0v) is 13.8. The molecular weight excluding hydrogens is 290 g/mol. The van der Waals surface area contributed by atoms with Crippen molar-refractivity contribution in [1.29, 1.82) is 5.26 Å². The van der Waals surface area contributed by atoms with E-state index in [-0.39, 0.29) is 0 Å². The van der Waals surface area contributed by atoms with Crippen molar-refractivity contribution in [1.82, 2.24) is 9.80 Å². The van der Waals surface area contributed by atoms with E-state index in [4.69, 9.17) is 14.7 Å². The highest BCUT2D eigenvalue weighted by Crippen LogP contribution is 2.19. The van der Waals surface area contributed by atoms with E-state index in [1.165, 1.54) is 0 Å². The molecule has 2 fully saturated rings. The number of ether oxygens (including phenoxy) is 2. The van der Waals surface area contributed by atoms with E-state index >= 15 is 0 Å². The number of hydrogen-bond acceptors (Lipinski definition) is 5. The Kier molecular flexibility index (Phi) is 5.50. The Morgan fingerprint density at radius 3 is 2.39 bits per heavy atom.